The molecule has 0 spiro atoms. The molecule has 0 bridgehead atoms. The monoisotopic (exact) mass is 188 g/mol. The lowest BCUT2D eigenvalue weighted by molar-refractivity contribution is 0.153. The second kappa shape index (κ2) is 4.65. The van der Waals surface area contributed by atoms with Crippen LogP contribution in [0, 0.1) is 0 Å². The Morgan fingerprint density at radius 3 is 3.00 bits per heavy atom. The minimum atomic E-state index is -0.682. The van der Waals surface area contributed by atoms with Gasteiger partial charge in [0.05, 0.1) is 11.5 Å². The van der Waals surface area contributed by atoms with Crippen LogP contribution in [0.5, 0.6) is 0 Å². The minimum Gasteiger partial charge on any atom is -0.498 e. The van der Waals surface area contributed by atoms with Crippen LogP contribution in [0.25, 0.3) is 0 Å². The molecule has 2 nitrogen and oxygen atoms in total. The molecule has 3 unspecified atom stereocenters. The Kier molecular flexibility index (Phi) is 3.79. The molecule has 1 rings (SSSR count). The SMILES string of the molecule is C=COC(C)C1CCCCS1=O. The highest BCUT2D eigenvalue weighted by molar-refractivity contribution is 7.85. The van der Waals surface area contributed by atoms with Crippen LogP contribution in [-0.2, 0) is 15.5 Å². The summed E-state index contributed by atoms with van der Waals surface area (Å²) in [5.41, 5.74) is 0. The Balaban J connectivity index is 2.47. The van der Waals surface area contributed by atoms with Gasteiger partial charge in [-0.2, -0.15) is 0 Å². The van der Waals surface area contributed by atoms with Gasteiger partial charge in [0, 0.05) is 16.6 Å². The molecule has 0 aromatic heterocycles. The van der Waals surface area contributed by atoms with E-state index in [4.69, 9.17) is 4.74 Å². The zero-order chi connectivity index (χ0) is 8.97. The zero-order valence-electron chi connectivity index (χ0n) is 7.49. The fraction of sp³-hybridized carbons (Fsp3) is 0.778. The Morgan fingerprint density at radius 2 is 2.42 bits per heavy atom. The molecule has 70 valence electrons. The molecule has 3 heteroatoms. The molecule has 1 aliphatic heterocycles. The number of hydrogen-bond acceptors (Lipinski definition) is 2. The van der Waals surface area contributed by atoms with Crippen molar-refractivity contribution >= 4 is 10.8 Å². The molecule has 12 heavy (non-hydrogen) atoms. The molecule has 1 aliphatic rings. The molecule has 0 aromatic carbocycles. The van der Waals surface area contributed by atoms with Crippen LogP contribution in [0.1, 0.15) is 26.2 Å². The fourth-order valence-corrected chi connectivity index (χ4v) is 3.27. The highest BCUT2D eigenvalue weighted by Gasteiger charge is 2.26. The second-order valence-corrected chi connectivity index (χ2v) is 4.90. The summed E-state index contributed by atoms with van der Waals surface area (Å²) in [6.45, 7) is 5.47. The van der Waals surface area contributed by atoms with E-state index in [2.05, 4.69) is 6.58 Å². The van der Waals surface area contributed by atoms with E-state index in [1.54, 1.807) is 0 Å². The summed E-state index contributed by atoms with van der Waals surface area (Å²) in [6.07, 6.45) is 4.81. The third kappa shape index (κ3) is 2.34. The first-order valence-corrected chi connectivity index (χ1v) is 5.77. The van der Waals surface area contributed by atoms with Crippen LogP contribution < -0.4 is 0 Å². The van der Waals surface area contributed by atoms with Gasteiger partial charge in [0.1, 0.15) is 6.10 Å². The van der Waals surface area contributed by atoms with E-state index in [9.17, 15) is 4.21 Å². The lowest BCUT2D eigenvalue weighted by Crippen LogP contribution is -2.33. The summed E-state index contributed by atoms with van der Waals surface area (Å²) < 4.78 is 16.7. The van der Waals surface area contributed by atoms with Crippen molar-refractivity contribution < 1.29 is 8.95 Å². The lowest BCUT2D eigenvalue weighted by atomic mass is 10.1. The highest BCUT2D eigenvalue weighted by Crippen LogP contribution is 2.20. The summed E-state index contributed by atoms with van der Waals surface area (Å²) in [6, 6.07) is 0. The standard InChI is InChI=1S/C9H16O2S/c1-3-11-8(2)9-6-4-5-7-12(9)10/h3,8-9H,1,4-7H2,2H3. The smallest absolute Gasteiger partial charge is 0.109 e. The van der Waals surface area contributed by atoms with E-state index in [-0.39, 0.29) is 11.4 Å². The van der Waals surface area contributed by atoms with Gasteiger partial charge in [-0.25, -0.2) is 0 Å². The summed E-state index contributed by atoms with van der Waals surface area (Å²) >= 11 is 0. The fourth-order valence-electron chi connectivity index (χ4n) is 1.56. The van der Waals surface area contributed by atoms with Gasteiger partial charge >= 0.3 is 0 Å². The molecule has 1 fully saturated rings. The van der Waals surface area contributed by atoms with Crippen molar-refractivity contribution in [1.29, 1.82) is 0 Å². The normalized spacial score (nSPS) is 32.4. The van der Waals surface area contributed by atoms with Crippen LogP contribution in [0.2, 0.25) is 0 Å². The molecular weight excluding hydrogens is 172 g/mol. The molecule has 0 radical (unpaired) electrons. The molecule has 0 amide bonds. The Morgan fingerprint density at radius 1 is 1.67 bits per heavy atom. The highest BCUT2D eigenvalue weighted by atomic mass is 32.2. The van der Waals surface area contributed by atoms with Crippen LogP contribution in [-0.4, -0.2) is 21.3 Å². The predicted molar refractivity (Wildman–Crippen MR) is 51.4 cm³/mol. The van der Waals surface area contributed by atoms with Crippen LogP contribution in [0.4, 0.5) is 0 Å². The van der Waals surface area contributed by atoms with E-state index in [1.807, 2.05) is 6.92 Å². The summed E-state index contributed by atoms with van der Waals surface area (Å²) in [5.74, 6) is 0.843. The third-order valence-electron chi connectivity index (χ3n) is 2.26. The Bertz CT molecular complexity index is 179. The molecule has 3 atom stereocenters. The van der Waals surface area contributed by atoms with Gasteiger partial charge in [-0.05, 0) is 19.8 Å². The van der Waals surface area contributed by atoms with Gasteiger partial charge in [0.2, 0.25) is 0 Å². The first-order chi connectivity index (χ1) is 5.75. The van der Waals surface area contributed by atoms with Crippen molar-refractivity contribution in [3.05, 3.63) is 12.8 Å². The minimum absolute atomic E-state index is 0.0589. The maximum Gasteiger partial charge on any atom is 0.109 e. The van der Waals surface area contributed by atoms with Crippen LogP contribution in [0.3, 0.4) is 0 Å². The van der Waals surface area contributed by atoms with Gasteiger partial charge < -0.3 is 4.74 Å². The van der Waals surface area contributed by atoms with E-state index in [1.165, 1.54) is 12.7 Å². The first kappa shape index (κ1) is 9.78. The van der Waals surface area contributed by atoms with Crippen LogP contribution >= 0.6 is 0 Å². The summed E-state index contributed by atoms with van der Waals surface area (Å²) in [7, 11) is -0.682. The number of rotatable bonds is 3. The van der Waals surface area contributed by atoms with Crippen molar-refractivity contribution in [3.63, 3.8) is 0 Å². The zero-order valence-corrected chi connectivity index (χ0v) is 8.31. The average Bonchev–Trinajstić information content (AvgIpc) is 2.05. The van der Waals surface area contributed by atoms with E-state index in [0.717, 1.165) is 18.6 Å². The van der Waals surface area contributed by atoms with Gasteiger partial charge in [0.15, 0.2) is 0 Å². The van der Waals surface area contributed by atoms with Crippen molar-refractivity contribution in [3.8, 4) is 0 Å². The van der Waals surface area contributed by atoms with Crippen molar-refractivity contribution in [2.75, 3.05) is 5.75 Å². The third-order valence-corrected chi connectivity index (χ3v) is 4.24. The number of ether oxygens (including phenoxy) is 1. The summed E-state index contributed by atoms with van der Waals surface area (Å²) in [5, 5.41) is 0.219. The largest absolute Gasteiger partial charge is 0.498 e. The maximum absolute atomic E-state index is 11.5. The van der Waals surface area contributed by atoms with Gasteiger partial charge in [-0.3, -0.25) is 4.21 Å². The quantitative estimate of drug-likeness (QED) is 0.632. The van der Waals surface area contributed by atoms with Gasteiger partial charge in [-0.15, -0.1) is 0 Å². The molecule has 0 N–H and O–H groups in total. The number of hydrogen-bond donors (Lipinski definition) is 0. The predicted octanol–water partition coefficient (Wildman–Crippen LogP) is 1.84. The lowest BCUT2D eigenvalue weighted by Gasteiger charge is -2.26. The van der Waals surface area contributed by atoms with E-state index < -0.39 is 10.8 Å². The summed E-state index contributed by atoms with van der Waals surface area (Å²) in [4.78, 5) is 0. The van der Waals surface area contributed by atoms with E-state index in [0.29, 0.717) is 0 Å². The Hall–Kier alpha value is -0.310. The van der Waals surface area contributed by atoms with Crippen molar-refractivity contribution in [1.82, 2.24) is 0 Å². The first-order valence-electron chi connectivity index (χ1n) is 4.39. The Labute approximate surface area is 76.5 Å². The van der Waals surface area contributed by atoms with Crippen molar-refractivity contribution in [2.24, 2.45) is 0 Å². The van der Waals surface area contributed by atoms with Gasteiger partial charge in [-0.1, -0.05) is 13.0 Å². The van der Waals surface area contributed by atoms with Gasteiger partial charge in [0.25, 0.3) is 0 Å². The second-order valence-electron chi connectivity index (χ2n) is 3.13. The maximum atomic E-state index is 11.5. The van der Waals surface area contributed by atoms with E-state index >= 15 is 0 Å². The molecule has 1 heterocycles. The van der Waals surface area contributed by atoms with Crippen LogP contribution in [0.15, 0.2) is 12.8 Å². The molecule has 1 saturated heterocycles. The molecular formula is C9H16O2S. The van der Waals surface area contributed by atoms with Crippen molar-refractivity contribution in [2.45, 2.75) is 37.5 Å². The molecule has 0 aromatic rings. The topological polar surface area (TPSA) is 26.3 Å². The molecule has 0 aliphatic carbocycles. The average molecular weight is 188 g/mol. The molecule has 0 saturated carbocycles.